The molecule has 1 nitrogen and oxygen atoms in total. The number of halogens is 2. The molecule has 1 aromatic rings. The van der Waals surface area contributed by atoms with Crippen LogP contribution >= 0.6 is 11.6 Å². The second kappa shape index (κ2) is 6.59. The van der Waals surface area contributed by atoms with E-state index in [1.54, 1.807) is 18.2 Å². The summed E-state index contributed by atoms with van der Waals surface area (Å²) in [5, 5.41) is 3.75. The van der Waals surface area contributed by atoms with E-state index >= 15 is 0 Å². The van der Waals surface area contributed by atoms with Crippen LogP contribution in [0.1, 0.15) is 18.9 Å². The van der Waals surface area contributed by atoms with Gasteiger partial charge in [-0.3, -0.25) is 0 Å². The van der Waals surface area contributed by atoms with Gasteiger partial charge >= 0.3 is 0 Å². The largest absolute Gasteiger partial charge is 0.313 e. The zero-order valence-electron chi connectivity index (χ0n) is 8.76. The number of nitrogens with one attached hydrogen (secondary N) is 1. The standard InChI is InChI=1S/C12H15ClFN/c1-2-7-15-8-3-4-10-9-11(13)5-6-12(10)14/h3-6,9,15H,2,7-8H2,1H3/b4-3+. The quantitative estimate of drug-likeness (QED) is 0.760. The lowest BCUT2D eigenvalue weighted by Gasteiger charge is -1.99. The molecule has 1 rings (SSSR count). The molecule has 0 heterocycles. The SMILES string of the molecule is CCCNC/C=C/c1cc(Cl)ccc1F. The van der Waals surface area contributed by atoms with Gasteiger partial charge in [-0.2, -0.15) is 0 Å². The van der Waals surface area contributed by atoms with E-state index in [-0.39, 0.29) is 5.82 Å². The molecule has 15 heavy (non-hydrogen) atoms. The summed E-state index contributed by atoms with van der Waals surface area (Å²) in [6.07, 6.45) is 4.73. The normalized spacial score (nSPS) is 11.1. The second-order valence-corrected chi connectivity index (χ2v) is 3.71. The maximum atomic E-state index is 13.2. The van der Waals surface area contributed by atoms with Gasteiger partial charge in [0.05, 0.1) is 0 Å². The van der Waals surface area contributed by atoms with Gasteiger partial charge in [0.2, 0.25) is 0 Å². The molecule has 0 aliphatic carbocycles. The van der Waals surface area contributed by atoms with E-state index in [2.05, 4.69) is 12.2 Å². The third-order valence-electron chi connectivity index (χ3n) is 1.94. The number of rotatable bonds is 5. The van der Waals surface area contributed by atoms with E-state index in [1.165, 1.54) is 6.07 Å². The number of hydrogen-bond donors (Lipinski definition) is 1. The summed E-state index contributed by atoms with van der Waals surface area (Å²) in [4.78, 5) is 0. The monoisotopic (exact) mass is 227 g/mol. The Labute approximate surface area is 95.0 Å². The summed E-state index contributed by atoms with van der Waals surface area (Å²) in [5.41, 5.74) is 0.529. The fourth-order valence-corrected chi connectivity index (χ4v) is 1.37. The van der Waals surface area contributed by atoms with Gasteiger partial charge in [-0.15, -0.1) is 0 Å². The molecule has 82 valence electrons. The van der Waals surface area contributed by atoms with Crippen LogP contribution in [-0.4, -0.2) is 13.1 Å². The average molecular weight is 228 g/mol. The minimum atomic E-state index is -0.244. The van der Waals surface area contributed by atoms with Crippen LogP contribution in [0.3, 0.4) is 0 Å². The Morgan fingerprint density at radius 3 is 3.00 bits per heavy atom. The molecular weight excluding hydrogens is 213 g/mol. The van der Waals surface area contributed by atoms with E-state index in [0.717, 1.165) is 19.5 Å². The van der Waals surface area contributed by atoms with E-state index in [1.807, 2.05) is 6.08 Å². The maximum absolute atomic E-state index is 13.2. The van der Waals surface area contributed by atoms with Gasteiger partial charge in [-0.1, -0.05) is 30.7 Å². The van der Waals surface area contributed by atoms with Crippen molar-refractivity contribution in [3.63, 3.8) is 0 Å². The average Bonchev–Trinajstić information content (AvgIpc) is 2.23. The first kappa shape index (κ1) is 12.2. The van der Waals surface area contributed by atoms with Gasteiger partial charge < -0.3 is 5.32 Å². The summed E-state index contributed by atoms with van der Waals surface area (Å²) < 4.78 is 13.2. The van der Waals surface area contributed by atoms with Gasteiger partial charge in [-0.25, -0.2) is 4.39 Å². The van der Waals surface area contributed by atoms with Crippen LogP contribution < -0.4 is 5.32 Å². The third kappa shape index (κ3) is 4.45. The van der Waals surface area contributed by atoms with Crippen molar-refractivity contribution in [3.8, 4) is 0 Å². The molecule has 1 N–H and O–H groups in total. The van der Waals surface area contributed by atoms with Gasteiger partial charge in [-0.05, 0) is 31.2 Å². The molecule has 0 amide bonds. The molecule has 3 heteroatoms. The van der Waals surface area contributed by atoms with E-state index in [4.69, 9.17) is 11.6 Å². The lowest BCUT2D eigenvalue weighted by Crippen LogP contribution is -2.13. The molecule has 0 spiro atoms. The van der Waals surface area contributed by atoms with Crippen molar-refractivity contribution in [2.24, 2.45) is 0 Å². The fourth-order valence-electron chi connectivity index (χ4n) is 1.19. The van der Waals surface area contributed by atoms with Gasteiger partial charge in [0.1, 0.15) is 5.82 Å². The molecule has 0 aliphatic heterocycles. The highest BCUT2D eigenvalue weighted by molar-refractivity contribution is 6.30. The molecule has 0 saturated heterocycles. The number of hydrogen-bond acceptors (Lipinski definition) is 1. The minimum absolute atomic E-state index is 0.244. The molecule has 0 aliphatic rings. The highest BCUT2D eigenvalue weighted by Gasteiger charge is 1.98. The molecule has 0 unspecified atom stereocenters. The summed E-state index contributed by atoms with van der Waals surface area (Å²) in [5.74, 6) is -0.244. The van der Waals surface area contributed by atoms with Crippen molar-refractivity contribution in [1.29, 1.82) is 0 Å². The summed E-state index contributed by atoms with van der Waals surface area (Å²) in [6, 6.07) is 4.54. The highest BCUT2D eigenvalue weighted by atomic mass is 35.5. The van der Waals surface area contributed by atoms with Gasteiger partial charge in [0.25, 0.3) is 0 Å². The molecular formula is C12H15ClFN. The van der Waals surface area contributed by atoms with E-state index in [9.17, 15) is 4.39 Å². The van der Waals surface area contributed by atoms with E-state index < -0.39 is 0 Å². The first-order valence-corrected chi connectivity index (χ1v) is 5.44. The molecule has 1 aromatic carbocycles. The zero-order chi connectivity index (χ0) is 11.1. The topological polar surface area (TPSA) is 12.0 Å². The predicted octanol–water partition coefficient (Wildman–Crippen LogP) is 3.49. The minimum Gasteiger partial charge on any atom is -0.313 e. The highest BCUT2D eigenvalue weighted by Crippen LogP contribution is 2.15. The van der Waals surface area contributed by atoms with Crippen LogP contribution in [0.25, 0.3) is 6.08 Å². The van der Waals surface area contributed by atoms with Crippen LogP contribution in [0.15, 0.2) is 24.3 Å². The first-order valence-electron chi connectivity index (χ1n) is 5.06. The first-order chi connectivity index (χ1) is 7.24. The lowest BCUT2D eigenvalue weighted by molar-refractivity contribution is 0.625. The Morgan fingerprint density at radius 2 is 2.27 bits per heavy atom. The van der Waals surface area contributed by atoms with Crippen molar-refractivity contribution < 1.29 is 4.39 Å². The number of benzene rings is 1. The van der Waals surface area contributed by atoms with Crippen LogP contribution in [0, 0.1) is 5.82 Å². The molecule has 0 atom stereocenters. The molecule has 0 saturated carbocycles. The second-order valence-electron chi connectivity index (χ2n) is 3.27. The Bertz CT molecular complexity index is 336. The lowest BCUT2D eigenvalue weighted by atomic mass is 10.2. The van der Waals surface area contributed by atoms with Crippen molar-refractivity contribution in [3.05, 3.63) is 40.7 Å². The van der Waals surface area contributed by atoms with Crippen LogP contribution in [0.5, 0.6) is 0 Å². The third-order valence-corrected chi connectivity index (χ3v) is 2.18. The Kier molecular flexibility index (Phi) is 5.37. The fraction of sp³-hybridized carbons (Fsp3) is 0.333. The smallest absolute Gasteiger partial charge is 0.130 e. The summed E-state index contributed by atoms with van der Waals surface area (Å²) in [7, 11) is 0. The molecule has 0 bridgehead atoms. The zero-order valence-corrected chi connectivity index (χ0v) is 9.52. The Hall–Kier alpha value is -0.860. The summed E-state index contributed by atoms with van der Waals surface area (Å²) in [6.45, 7) is 3.83. The Morgan fingerprint density at radius 1 is 1.47 bits per heavy atom. The van der Waals surface area contributed by atoms with Crippen LogP contribution in [-0.2, 0) is 0 Å². The van der Waals surface area contributed by atoms with Gasteiger partial charge in [0.15, 0.2) is 0 Å². The molecule has 0 radical (unpaired) electrons. The molecule has 0 aromatic heterocycles. The van der Waals surface area contributed by atoms with Crippen molar-refractivity contribution in [1.82, 2.24) is 5.32 Å². The van der Waals surface area contributed by atoms with Crippen LogP contribution in [0.4, 0.5) is 4.39 Å². The van der Waals surface area contributed by atoms with Gasteiger partial charge in [0, 0.05) is 17.1 Å². The summed E-state index contributed by atoms with van der Waals surface area (Å²) >= 11 is 5.76. The van der Waals surface area contributed by atoms with Crippen molar-refractivity contribution in [2.45, 2.75) is 13.3 Å². The predicted molar refractivity (Wildman–Crippen MR) is 63.6 cm³/mol. The maximum Gasteiger partial charge on any atom is 0.130 e. The Balaban J connectivity index is 2.52. The van der Waals surface area contributed by atoms with Crippen molar-refractivity contribution >= 4 is 17.7 Å². The van der Waals surface area contributed by atoms with Crippen LogP contribution in [0.2, 0.25) is 5.02 Å². The van der Waals surface area contributed by atoms with Crippen molar-refractivity contribution in [2.75, 3.05) is 13.1 Å². The molecule has 0 fully saturated rings. The van der Waals surface area contributed by atoms with E-state index in [0.29, 0.717) is 10.6 Å².